The zero-order chi connectivity index (χ0) is 19.7. The highest BCUT2D eigenvalue weighted by Crippen LogP contribution is 2.37. The van der Waals surface area contributed by atoms with Gasteiger partial charge in [0.2, 0.25) is 0 Å². The molecule has 2 aromatic rings. The van der Waals surface area contributed by atoms with Gasteiger partial charge in [-0.15, -0.1) is 0 Å². The third-order valence-electron chi connectivity index (χ3n) is 5.26. The van der Waals surface area contributed by atoms with Crippen molar-refractivity contribution in [2.24, 2.45) is 0 Å². The Morgan fingerprint density at radius 2 is 1.96 bits per heavy atom. The Bertz CT molecular complexity index is 847. The zero-order valence-electron chi connectivity index (χ0n) is 16.8. The van der Waals surface area contributed by atoms with Gasteiger partial charge in [-0.2, -0.15) is 0 Å². The number of anilines is 1. The average molecular weight is 380 g/mol. The van der Waals surface area contributed by atoms with Crippen LogP contribution in [0.4, 0.5) is 5.69 Å². The molecule has 4 rings (SSSR count). The van der Waals surface area contributed by atoms with Gasteiger partial charge in [-0.1, -0.05) is 12.1 Å². The second kappa shape index (κ2) is 7.84. The molecule has 2 aliphatic rings. The molecule has 2 aromatic carbocycles. The minimum Gasteiger partial charge on any atom is -0.491 e. The Morgan fingerprint density at radius 3 is 2.68 bits per heavy atom. The highest BCUT2D eigenvalue weighted by Gasteiger charge is 2.29. The van der Waals surface area contributed by atoms with Crippen molar-refractivity contribution in [3.63, 3.8) is 0 Å². The van der Waals surface area contributed by atoms with Crippen LogP contribution in [0.3, 0.4) is 0 Å². The van der Waals surface area contributed by atoms with Crippen molar-refractivity contribution < 1.29 is 14.3 Å². The first-order chi connectivity index (χ1) is 13.5. The summed E-state index contributed by atoms with van der Waals surface area (Å²) in [6.07, 6.45) is 0.245. The van der Waals surface area contributed by atoms with E-state index < -0.39 is 0 Å². The van der Waals surface area contributed by atoms with E-state index in [4.69, 9.17) is 9.47 Å². The molecule has 1 N–H and O–H groups in total. The SMILES string of the molecule is CC(C)Oc1ccc(C2CC(=O)c3cc(N4CCN[C@@H](C)C4)ccc3O2)cc1. The molecule has 0 aliphatic carbocycles. The van der Waals surface area contributed by atoms with Gasteiger partial charge in [-0.05, 0) is 56.7 Å². The summed E-state index contributed by atoms with van der Waals surface area (Å²) in [5, 5.41) is 3.45. The number of Topliss-reactive ketones (excluding diaryl/α,β-unsaturated/α-hetero) is 1. The predicted octanol–water partition coefficient (Wildman–Crippen LogP) is 3.98. The molecule has 5 nitrogen and oxygen atoms in total. The number of rotatable bonds is 4. The number of fused-ring (bicyclic) bond motifs is 1. The lowest BCUT2D eigenvalue weighted by molar-refractivity contribution is 0.0850. The molecule has 0 spiro atoms. The van der Waals surface area contributed by atoms with E-state index >= 15 is 0 Å². The standard InChI is InChI=1S/C23H28N2O3/c1-15(2)27-19-7-4-17(5-8-19)23-13-21(26)20-12-18(6-9-22(20)28-23)25-11-10-24-16(3)14-25/h4-9,12,15-16,23-24H,10-11,13-14H2,1-3H3/t16-,23?/m0/s1. The normalized spacial score (nSPS) is 22.0. The van der Waals surface area contributed by atoms with Gasteiger partial charge < -0.3 is 19.7 Å². The Balaban J connectivity index is 1.51. The smallest absolute Gasteiger partial charge is 0.170 e. The second-order valence-corrected chi connectivity index (χ2v) is 7.95. The van der Waals surface area contributed by atoms with Crippen LogP contribution in [0.1, 0.15) is 49.2 Å². The Labute approximate surface area is 166 Å². The van der Waals surface area contributed by atoms with E-state index in [-0.39, 0.29) is 18.0 Å². The molecule has 0 saturated carbocycles. The van der Waals surface area contributed by atoms with Gasteiger partial charge in [0.1, 0.15) is 17.6 Å². The summed E-state index contributed by atoms with van der Waals surface area (Å²) in [6.45, 7) is 9.04. The fourth-order valence-corrected chi connectivity index (χ4v) is 3.89. The minimum atomic E-state index is -0.252. The van der Waals surface area contributed by atoms with Crippen LogP contribution in [0.2, 0.25) is 0 Å². The number of benzene rings is 2. The highest BCUT2D eigenvalue weighted by atomic mass is 16.5. The van der Waals surface area contributed by atoms with Crippen LogP contribution < -0.4 is 19.7 Å². The van der Waals surface area contributed by atoms with E-state index in [0.29, 0.717) is 23.8 Å². The Hall–Kier alpha value is -2.53. The Morgan fingerprint density at radius 1 is 1.18 bits per heavy atom. The van der Waals surface area contributed by atoms with Crippen molar-refractivity contribution in [3.8, 4) is 11.5 Å². The van der Waals surface area contributed by atoms with Crippen molar-refractivity contribution in [1.82, 2.24) is 5.32 Å². The third kappa shape index (κ3) is 3.99. The van der Waals surface area contributed by atoms with Crippen molar-refractivity contribution in [2.45, 2.75) is 45.4 Å². The molecule has 0 aromatic heterocycles. The molecule has 0 radical (unpaired) electrons. The summed E-state index contributed by atoms with van der Waals surface area (Å²) in [6, 6.07) is 14.3. The van der Waals surface area contributed by atoms with E-state index in [1.807, 2.05) is 50.2 Å². The lowest BCUT2D eigenvalue weighted by Crippen LogP contribution is -2.49. The largest absolute Gasteiger partial charge is 0.491 e. The number of nitrogens with zero attached hydrogens (tertiary/aromatic N) is 1. The topological polar surface area (TPSA) is 50.8 Å². The van der Waals surface area contributed by atoms with Crippen molar-refractivity contribution in [1.29, 1.82) is 0 Å². The molecule has 148 valence electrons. The molecular formula is C23H28N2O3. The fraction of sp³-hybridized carbons (Fsp3) is 0.435. The molecule has 2 aliphatic heterocycles. The summed E-state index contributed by atoms with van der Waals surface area (Å²) in [5.74, 6) is 1.64. The van der Waals surface area contributed by atoms with E-state index in [1.54, 1.807) is 0 Å². The second-order valence-electron chi connectivity index (χ2n) is 7.95. The van der Waals surface area contributed by atoms with Gasteiger partial charge in [-0.25, -0.2) is 0 Å². The molecule has 0 bridgehead atoms. The summed E-state index contributed by atoms with van der Waals surface area (Å²) >= 11 is 0. The summed E-state index contributed by atoms with van der Waals surface area (Å²) in [7, 11) is 0. The summed E-state index contributed by atoms with van der Waals surface area (Å²) in [5.41, 5.74) is 2.78. The van der Waals surface area contributed by atoms with E-state index in [1.165, 1.54) is 0 Å². The molecule has 2 atom stereocenters. The maximum atomic E-state index is 12.8. The first-order valence-electron chi connectivity index (χ1n) is 10.1. The monoisotopic (exact) mass is 380 g/mol. The number of carbonyl (C=O) groups is 1. The molecular weight excluding hydrogens is 352 g/mol. The summed E-state index contributed by atoms with van der Waals surface area (Å²) < 4.78 is 11.9. The first-order valence-corrected chi connectivity index (χ1v) is 10.1. The average Bonchev–Trinajstić information content (AvgIpc) is 2.68. The molecule has 1 unspecified atom stereocenters. The minimum absolute atomic E-state index is 0.137. The quantitative estimate of drug-likeness (QED) is 0.870. The maximum Gasteiger partial charge on any atom is 0.170 e. The van der Waals surface area contributed by atoms with Crippen LogP contribution in [0.15, 0.2) is 42.5 Å². The molecule has 2 heterocycles. The number of ketones is 1. The zero-order valence-corrected chi connectivity index (χ0v) is 16.8. The van der Waals surface area contributed by atoms with Crippen LogP contribution in [0.5, 0.6) is 11.5 Å². The lowest BCUT2D eigenvalue weighted by Gasteiger charge is -2.34. The van der Waals surface area contributed by atoms with Gasteiger partial charge in [0.15, 0.2) is 5.78 Å². The van der Waals surface area contributed by atoms with Crippen LogP contribution >= 0.6 is 0 Å². The highest BCUT2D eigenvalue weighted by molar-refractivity contribution is 6.01. The Kier molecular flexibility index (Phi) is 5.27. The van der Waals surface area contributed by atoms with Gasteiger partial charge >= 0.3 is 0 Å². The molecule has 1 saturated heterocycles. The van der Waals surface area contributed by atoms with E-state index in [9.17, 15) is 4.79 Å². The van der Waals surface area contributed by atoms with Gasteiger partial charge in [0.25, 0.3) is 0 Å². The van der Waals surface area contributed by atoms with Gasteiger partial charge in [0.05, 0.1) is 18.1 Å². The van der Waals surface area contributed by atoms with Crippen molar-refractivity contribution in [3.05, 3.63) is 53.6 Å². The number of hydrogen-bond acceptors (Lipinski definition) is 5. The fourth-order valence-electron chi connectivity index (χ4n) is 3.89. The molecule has 0 amide bonds. The van der Waals surface area contributed by atoms with Crippen LogP contribution in [0, 0.1) is 0 Å². The van der Waals surface area contributed by atoms with E-state index in [2.05, 4.69) is 23.2 Å². The van der Waals surface area contributed by atoms with Crippen molar-refractivity contribution in [2.75, 3.05) is 24.5 Å². The molecule has 1 fully saturated rings. The number of piperazine rings is 1. The predicted molar refractivity (Wildman–Crippen MR) is 111 cm³/mol. The van der Waals surface area contributed by atoms with Crippen LogP contribution in [-0.2, 0) is 0 Å². The lowest BCUT2D eigenvalue weighted by atomic mass is 9.95. The molecule has 5 heteroatoms. The number of carbonyl (C=O) groups excluding carboxylic acids is 1. The van der Waals surface area contributed by atoms with Gasteiger partial charge in [0, 0.05) is 31.4 Å². The number of hydrogen-bond donors (Lipinski definition) is 1. The van der Waals surface area contributed by atoms with Gasteiger partial charge in [-0.3, -0.25) is 4.79 Å². The van der Waals surface area contributed by atoms with Crippen LogP contribution in [0.25, 0.3) is 0 Å². The number of nitrogens with one attached hydrogen (secondary N) is 1. The number of ether oxygens (including phenoxy) is 2. The van der Waals surface area contributed by atoms with Crippen molar-refractivity contribution >= 4 is 11.5 Å². The summed E-state index contributed by atoms with van der Waals surface area (Å²) in [4.78, 5) is 15.2. The molecule has 28 heavy (non-hydrogen) atoms. The van der Waals surface area contributed by atoms with E-state index in [0.717, 1.165) is 36.6 Å². The third-order valence-corrected chi connectivity index (χ3v) is 5.26. The first kappa shape index (κ1) is 18.8. The van der Waals surface area contributed by atoms with Crippen LogP contribution in [-0.4, -0.2) is 37.6 Å². The maximum absolute atomic E-state index is 12.8.